The fraction of sp³-hybridized carbons (Fsp3) is 0.583. The topological polar surface area (TPSA) is 49.3 Å². The van der Waals surface area contributed by atoms with Gasteiger partial charge in [0, 0.05) is 33.1 Å². The van der Waals surface area contributed by atoms with Crippen LogP contribution in [0.2, 0.25) is 0 Å². The zero-order valence-electron chi connectivity index (χ0n) is 11.0. The van der Waals surface area contributed by atoms with Crippen LogP contribution in [0.15, 0.2) is 12.1 Å². The van der Waals surface area contributed by atoms with Crippen molar-refractivity contribution in [3.63, 3.8) is 0 Å². The average molecular weight is 288 g/mol. The van der Waals surface area contributed by atoms with Crippen molar-refractivity contribution in [2.75, 3.05) is 31.1 Å². The lowest BCUT2D eigenvalue weighted by molar-refractivity contribution is -0.141. The number of rotatable bonds is 1. The van der Waals surface area contributed by atoms with Crippen LogP contribution in [0.3, 0.4) is 0 Å². The molecule has 1 aromatic rings. The van der Waals surface area contributed by atoms with Crippen molar-refractivity contribution in [1.29, 1.82) is 0 Å². The van der Waals surface area contributed by atoms with Gasteiger partial charge >= 0.3 is 6.18 Å². The minimum absolute atomic E-state index is 0.00496. The van der Waals surface area contributed by atoms with E-state index in [0.717, 1.165) is 12.5 Å². The Labute approximate surface area is 114 Å². The fourth-order valence-electron chi connectivity index (χ4n) is 2.11. The molecule has 0 N–H and O–H groups in total. The van der Waals surface area contributed by atoms with Crippen molar-refractivity contribution >= 4 is 11.7 Å². The molecule has 1 saturated heterocycles. The van der Waals surface area contributed by atoms with Gasteiger partial charge in [-0.2, -0.15) is 13.2 Å². The first-order valence-corrected chi connectivity index (χ1v) is 6.29. The monoisotopic (exact) mass is 288 g/mol. The molecule has 2 heterocycles. The van der Waals surface area contributed by atoms with E-state index in [-0.39, 0.29) is 5.91 Å². The normalized spacial score (nSPS) is 17.0. The van der Waals surface area contributed by atoms with E-state index in [1.165, 1.54) is 13.0 Å². The Morgan fingerprint density at radius 3 is 2.45 bits per heavy atom. The summed E-state index contributed by atoms with van der Waals surface area (Å²) in [4.78, 5) is 14.9. The molecule has 0 bridgehead atoms. The highest BCUT2D eigenvalue weighted by molar-refractivity contribution is 5.73. The Hall–Kier alpha value is -1.86. The second kappa shape index (κ2) is 5.64. The van der Waals surface area contributed by atoms with Gasteiger partial charge in [0.25, 0.3) is 0 Å². The van der Waals surface area contributed by atoms with E-state index < -0.39 is 11.9 Å². The Kier molecular flexibility index (Phi) is 4.10. The molecule has 20 heavy (non-hydrogen) atoms. The standard InChI is InChI=1S/C12H15F3N4O/c1-9(20)18-5-2-6-19(8-7-18)11-4-3-10(16-17-11)12(13,14)15/h3-4H,2,5-8H2,1H3. The van der Waals surface area contributed by atoms with E-state index in [9.17, 15) is 18.0 Å². The lowest BCUT2D eigenvalue weighted by Gasteiger charge is -2.21. The Morgan fingerprint density at radius 2 is 1.90 bits per heavy atom. The quantitative estimate of drug-likeness (QED) is 0.787. The summed E-state index contributed by atoms with van der Waals surface area (Å²) in [6, 6.07) is 2.25. The van der Waals surface area contributed by atoms with Gasteiger partial charge in [-0.3, -0.25) is 4.79 Å². The van der Waals surface area contributed by atoms with Gasteiger partial charge in [-0.1, -0.05) is 0 Å². The number of carbonyl (C=O) groups is 1. The first-order chi connectivity index (χ1) is 9.38. The van der Waals surface area contributed by atoms with Crippen molar-refractivity contribution < 1.29 is 18.0 Å². The third kappa shape index (κ3) is 3.37. The third-order valence-corrected chi connectivity index (χ3v) is 3.21. The summed E-state index contributed by atoms with van der Waals surface area (Å²) in [5.41, 5.74) is -0.999. The van der Waals surface area contributed by atoms with Crippen molar-refractivity contribution in [1.82, 2.24) is 15.1 Å². The lowest BCUT2D eigenvalue weighted by Crippen LogP contribution is -2.34. The summed E-state index contributed by atoms with van der Waals surface area (Å²) in [5.74, 6) is 0.411. The number of alkyl halides is 3. The second-order valence-electron chi connectivity index (χ2n) is 4.62. The number of carbonyl (C=O) groups excluding carboxylic acids is 1. The molecule has 1 aromatic heterocycles. The van der Waals surface area contributed by atoms with Crippen LogP contribution >= 0.6 is 0 Å². The number of hydrogen-bond acceptors (Lipinski definition) is 4. The van der Waals surface area contributed by atoms with Crippen LogP contribution < -0.4 is 4.90 Å². The molecule has 1 aliphatic heterocycles. The first kappa shape index (κ1) is 14.5. The maximum absolute atomic E-state index is 12.4. The van der Waals surface area contributed by atoms with Gasteiger partial charge < -0.3 is 9.80 Å². The molecule has 0 aromatic carbocycles. The molecular weight excluding hydrogens is 273 g/mol. The zero-order valence-corrected chi connectivity index (χ0v) is 11.0. The van der Waals surface area contributed by atoms with Crippen LogP contribution in [-0.4, -0.2) is 47.2 Å². The van der Waals surface area contributed by atoms with E-state index in [4.69, 9.17) is 0 Å². The Balaban J connectivity index is 2.06. The van der Waals surface area contributed by atoms with Crippen molar-refractivity contribution in [2.45, 2.75) is 19.5 Å². The molecule has 1 aliphatic rings. The van der Waals surface area contributed by atoms with Gasteiger partial charge in [-0.25, -0.2) is 0 Å². The van der Waals surface area contributed by atoms with Gasteiger partial charge in [0.05, 0.1) is 0 Å². The highest BCUT2D eigenvalue weighted by Crippen LogP contribution is 2.27. The predicted octanol–water partition coefficient (Wildman–Crippen LogP) is 1.55. The molecule has 1 amide bonds. The van der Waals surface area contributed by atoms with Crippen molar-refractivity contribution in [2.24, 2.45) is 0 Å². The summed E-state index contributed by atoms with van der Waals surface area (Å²) in [6.45, 7) is 3.88. The summed E-state index contributed by atoms with van der Waals surface area (Å²) >= 11 is 0. The first-order valence-electron chi connectivity index (χ1n) is 6.29. The minimum Gasteiger partial charge on any atom is -0.353 e. The van der Waals surface area contributed by atoms with Crippen LogP contribution in [0.4, 0.5) is 19.0 Å². The maximum atomic E-state index is 12.4. The number of nitrogens with zero attached hydrogens (tertiary/aromatic N) is 4. The smallest absolute Gasteiger partial charge is 0.353 e. The van der Waals surface area contributed by atoms with Gasteiger partial charge in [-0.15, -0.1) is 10.2 Å². The molecule has 0 saturated carbocycles. The van der Waals surface area contributed by atoms with E-state index in [2.05, 4.69) is 10.2 Å². The fourth-order valence-corrected chi connectivity index (χ4v) is 2.11. The van der Waals surface area contributed by atoms with Crippen LogP contribution in [0, 0.1) is 0 Å². The van der Waals surface area contributed by atoms with Gasteiger partial charge in [-0.05, 0) is 18.6 Å². The molecule has 110 valence electrons. The van der Waals surface area contributed by atoms with Crippen LogP contribution in [0.25, 0.3) is 0 Å². The molecular formula is C12H15F3N4O. The maximum Gasteiger partial charge on any atom is 0.435 e. The zero-order chi connectivity index (χ0) is 14.8. The van der Waals surface area contributed by atoms with Crippen LogP contribution in [0.1, 0.15) is 19.0 Å². The van der Waals surface area contributed by atoms with Crippen molar-refractivity contribution in [3.05, 3.63) is 17.8 Å². The van der Waals surface area contributed by atoms with Crippen LogP contribution in [0.5, 0.6) is 0 Å². The number of anilines is 1. The molecule has 5 nitrogen and oxygen atoms in total. The molecule has 2 rings (SSSR count). The summed E-state index contributed by atoms with van der Waals surface area (Å²) in [5, 5.41) is 6.85. The Bertz CT molecular complexity index is 475. The summed E-state index contributed by atoms with van der Waals surface area (Å²) in [7, 11) is 0. The van der Waals surface area contributed by atoms with E-state index >= 15 is 0 Å². The highest BCUT2D eigenvalue weighted by atomic mass is 19.4. The molecule has 0 atom stereocenters. The summed E-state index contributed by atoms with van der Waals surface area (Å²) < 4.78 is 37.2. The largest absolute Gasteiger partial charge is 0.435 e. The molecule has 0 unspecified atom stereocenters. The lowest BCUT2D eigenvalue weighted by atomic mass is 10.3. The van der Waals surface area contributed by atoms with Crippen molar-refractivity contribution in [3.8, 4) is 0 Å². The Morgan fingerprint density at radius 1 is 1.15 bits per heavy atom. The average Bonchev–Trinajstić information content (AvgIpc) is 2.63. The second-order valence-corrected chi connectivity index (χ2v) is 4.62. The van der Waals surface area contributed by atoms with E-state index in [0.29, 0.717) is 32.0 Å². The number of hydrogen-bond donors (Lipinski definition) is 0. The molecule has 1 fully saturated rings. The number of aromatic nitrogens is 2. The van der Waals surface area contributed by atoms with Crippen LogP contribution in [-0.2, 0) is 11.0 Å². The highest BCUT2D eigenvalue weighted by Gasteiger charge is 2.33. The van der Waals surface area contributed by atoms with Gasteiger partial charge in [0.1, 0.15) is 0 Å². The van der Waals surface area contributed by atoms with E-state index in [1.807, 2.05) is 4.90 Å². The van der Waals surface area contributed by atoms with Gasteiger partial charge in [0.2, 0.25) is 5.91 Å². The number of amides is 1. The third-order valence-electron chi connectivity index (χ3n) is 3.21. The number of halogens is 3. The predicted molar refractivity (Wildman–Crippen MR) is 66.1 cm³/mol. The minimum atomic E-state index is -4.48. The molecule has 8 heteroatoms. The summed E-state index contributed by atoms with van der Waals surface area (Å²) in [6.07, 6.45) is -3.72. The SMILES string of the molecule is CC(=O)N1CCCN(c2ccc(C(F)(F)F)nn2)CC1. The van der Waals surface area contributed by atoms with Gasteiger partial charge in [0.15, 0.2) is 11.5 Å². The molecule has 0 spiro atoms. The molecule has 0 radical (unpaired) electrons. The molecule has 0 aliphatic carbocycles. The van der Waals surface area contributed by atoms with E-state index in [1.54, 1.807) is 4.90 Å².